The van der Waals surface area contributed by atoms with Crippen LogP contribution in [0.3, 0.4) is 0 Å². The number of ether oxygens (including phenoxy) is 1. The number of benzene rings is 2. The van der Waals surface area contributed by atoms with Crippen LogP contribution in [0.5, 0.6) is 5.75 Å². The molecular weight excluding hydrogens is 563 g/mol. The third kappa shape index (κ3) is 5.53. The zero-order chi connectivity index (χ0) is 28.8. The number of alkyl halides is 1. The van der Waals surface area contributed by atoms with E-state index in [-0.39, 0.29) is 50.0 Å². The van der Waals surface area contributed by atoms with E-state index in [1.807, 2.05) is 0 Å². The number of anilines is 1. The number of fused-ring (bicyclic) bond motifs is 1. The first-order valence-electron chi connectivity index (χ1n) is 13.0. The molecule has 6 rings (SSSR count). The number of hydrogen-bond acceptors (Lipinski definition) is 8. The number of oxazole rings is 1. The summed E-state index contributed by atoms with van der Waals surface area (Å²) in [4.78, 5) is 19.3. The van der Waals surface area contributed by atoms with Crippen LogP contribution in [0.15, 0.2) is 58.2 Å². The van der Waals surface area contributed by atoms with Crippen molar-refractivity contribution >= 4 is 26.8 Å². The zero-order valence-corrected chi connectivity index (χ0v) is 22.6. The van der Waals surface area contributed by atoms with Crippen LogP contribution >= 0.6 is 0 Å². The Hall–Kier alpha value is -3.91. The van der Waals surface area contributed by atoms with E-state index in [0.717, 1.165) is 16.8 Å². The molecule has 1 saturated carbocycles. The van der Waals surface area contributed by atoms with E-state index in [0.29, 0.717) is 41.3 Å². The van der Waals surface area contributed by atoms with Gasteiger partial charge in [0, 0.05) is 37.7 Å². The Kier molecular flexibility index (Phi) is 6.98. The topological polar surface area (TPSA) is 111 Å². The average molecular weight is 590 g/mol. The summed E-state index contributed by atoms with van der Waals surface area (Å²) in [5, 5.41) is 4.12. The highest BCUT2D eigenvalue weighted by molar-refractivity contribution is 7.88. The molecule has 3 heterocycles. The van der Waals surface area contributed by atoms with Crippen molar-refractivity contribution < 1.29 is 30.7 Å². The summed E-state index contributed by atoms with van der Waals surface area (Å²) in [5.74, 6) is -2.11. The van der Waals surface area contributed by atoms with Gasteiger partial charge in [0.1, 0.15) is 22.8 Å². The van der Waals surface area contributed by atoms with Crippen molar-refractivity contribution in [3.05, 3.63) is 76.5 Å². The monoisotopic (exact) mass is 589 g/mol. The fourth-order valence-corrected chi connectivity index (χ4v) is 6.36. The van der Waals surface area contributed by atoms with E-state index in [1.54, 1.807) is 23.1 Å². The predicted octanol–water partition coefficient (Wildman–Crippen LogP) is 3.43. The van der Waals surface area contributed by atoms with E-state index in [1.165, 1.54) is 16.9 Å². The first-order chi connectivity index (χ1) is 19.7. The Morgan fingerprint density at radius 2 is 1.76 bits per heavy atom. The van der Waals surface area contributed by atoms with Crippen molar-refractivity contribution in [2.75, 3.05) is 44.4 Å². The lowest BCUT2D eigenvalue weighted by molar-refractivity contribution is 0.197. The van der Waals surface area contributed by atoms with E-state index < -0.39 is 39.3 Å². The number of aromatic nitrogens is 3. The first kappa shape index (κ1) is 27.3. The molecule has 0 unspecified atom stereocenters. The van der Waals surface area contributed by atoms with Gasteiger partial charge >= 0.3 is 5.56 Å². The highest BCUT2D eigenvalue weighted by Crippen LogP contribution is 2.46. The average Bonchev–Trinajstić information content (AvgIpc) is 3.58. The maximum atomic E-state index is 13.9. The quantitative estimate of drug-likeness (QED) is 0.292. The summed E-state index contributed by atoms with van der Waals surface area (Å²) in [7, 11) is -3.66. The van der Waals surface area contributed by atoms with Crippen molar-refractivity contribution in [1.29, 1.82) is 0 Å². The molecule has 14 heteroatoms. The molecule has 10 nitrogen and oxygen atoms in total. The summed E-state index contributed by atoms with van der Waals surface area (Å²) < 4.78 is 81.0. The molecule has 41 heavy (non-hydrogen) atoms. The van der Waals surface area contributed by atoms with Gasteiger partial charge in [0.2, 0.25) is 15.8 Å². The maximum absolute atomic E-state index is 13.9. The Morgan fingerprint density at radius 1 is 1.02 bits per heavy atom. The van der Waals surface area contributed by atoms with Crippen LogP contribution in [-0.2, 0) is 15.8 Å². The lowest BCUT2D eigenvalue weighted by Crippen LogP contribution is -2.49. The number of nitrogens with zero attached hydrogens (tertiary/aromatic N) is 5. The summed E-state index contributed by atoms with van der Waals surface area (Å²) in [6.07, 6.45) is 3.87. The van der Waals surface area contributed by atoms with E-state index in [2.05, 4.69) is 10.1 Å². The molecule has 2 aliphatic rings. The molecule has 0 spiro atoms. The van der Waals surface area contributed by atoms with E-state index in [9.17, 15) is 26.4 Å². The smallest absolute Gasteiger partial charge is 0.316 e. The largest absolute Gasteiger partial charge is 0.486 e. The van der Waals surface area contributed by atoms with Gasteiger partial charge in [-0.3, -0.25) is 9.18 Å². The molecule has 0 radical (unpaired) electrons. The minimum atomic E-state index is -3.66. The van der Waals surface area contributed by atoms with Gasteiger partial charge < -0.3 is 14.1 Å². The molecule has 216 valence electrons. The van der Waals surface area contributed by atoms with Crippen molar-refractivity contribution in [1.82, 2.24) is 19.1 Å². The van der Waals surface area contributed by atoms with Gasteiger partial charge in [-0.25, -0.2) is 22.2 Å². The summed E-state index contributed by atoms with van der Waals surface area (Å²) in [6, 6.07) is 7.64. The third-order valence-corrected chi connectivity index (χ3v) is 9.34. The highest BCUT2D eigenvalue weighted by atomic mass is 32.2. The second kappa shape index (κ2) is 10.5. The van der Waals surface area contributed by atoms with Crippen LogP contribution in [0, 0.1) is 17.0 Å². The second-order valence-electron chi connectivity index (χ2n) is 10.4. The number of piperazine rings is 1. The fourth-order valence-electron chi connectivity index (χ4n) is 4.86. The van der Waals surface area contributed by atoms with Gasteiger partial charge in [-0.05, 0) is 42.7 Å². The molecule has 0 bridgehead atoms. The molecule has 0 amide bonds. The van der Waals surface area contributed by atoms with E-state index in [4.69, 9.17) is 9.15 Å². The molecule has 4 aromatic rings. The van der Waals surface area contributed by atoms with Crippen LogP contribution in [0.25, 0.3) is 16.8 Å². The van der Waals surface area contributed by atoms with Gasteiger partial charge in [-0.1, -0.05) is 6.07 Å². The van der Waals surface area contributed by atoms with Gasteiger partial charge in [-0.15, -0.1) is 0 Å². The standard InChI is InChI=1S/C27H26F3N5O5S/c28-15-27(3-4-27)16-39-25-23(13-32-35(26(25)36)21-11-19(29)10-20(30)12-21)33-5-7-34(8-6-33)41(37,38)14-18-1-2-24-22(9-18)31-17-40-24/h1-2,9-13,17H,3-8,14-16H2. The number of rotatable bonds is 9. The zero-order valence-electron chi connectivity index (χ0n) is 21.8. The van der Waals surface area contributed by atoms with Crippen molar-refractivity contribution in [2.45, 2.75) is 18.6 Å². The molecule has 1 aliphatic heterocycles. The molecule has 2 aromatic carbocycles. The predicted molar refractivity (Wildman–Crippen MR) is 143 cm³/mol. The van der Waals surface area contributed by atoms with Crippen LogP contribution < -0.4 is 15.2 Å². The Labute approximate surface area is 233 Å². The molecule has 1 saturated heterocycles. The summed E-state index contributed by atoms with van der Waals surface area (Å²) in [5.41, 5.74) is 0.453. The molecule has 0 atom stereocenters. The van der Waals surface area contributed by atoms with Gasteiger partial charge in [-0.2, -0.15) is 14.1 Å². The Balaban J connectivity index is 1.23. The normalized spacial score (nSPS) is 17.2. The number of sulfonamides is 1. The van der Waals surface area contributed by atoms with Crippen LogP contribution in [0.2, 0.25) is 0 Å². The van der Waals surface area contributed by atoms with Gasteiger partial charge in [0.25, 0.3) is 0 Å². The van der Waals surface area contributed by atoms with Gasteiger partial charge in [0.15, 0.2) is 12.0 Å². The van der Waals surface area contributed by atoms with Crippen molar-refractivity contribution in [2.24, 2.45) is 5.41 Å². The van der Waals surface area contributed by atoms with Crippen LogP contribution in [-0.4, -0.2) is 66.9 Å². The molecule has 2 fully saturated rings. The van der Waals surface area contributed by atoms with Crippen LogP contribution in [0.1, 0.15) is 18.4 Å². The maximum Gasteiger partial charge on any atom is 0.316 e. The molecule has 1 aliphatic carbocycles. The van der Waals surface area contributed by atoms with Crippen molar-refractivity contribution in [3.63, 3.8) is 0 Å². The summed E-state index contributed by atoms with van der Waals surface area (Å²) >= 11 is 0. The minimum Gasteiger partial charge on any atom is -0.486 e. The lowest BCUT2D eigenvalue weighted by Gasteiger charge is -2.35. The van der Waals surface area contributed by atoms with Crippen molar-refractivity contribution in [3.8, 4) is 11.4 Å². The highest BCUT2D eigenvalue weighted by Gasteiger charge is 2.44. The Bertz CT molecular complexity index is 1740. The Morgan fingerprint density at radius 3 is 2.44 bits per heavy atom. The third-order valence-electron chi connectivity index (χ3n) is 7.49. The minimum absolute atomic E-state index is 0.0442. The molecule has 0 N–H and O–H groups in total. The summed E-state index contributed by atoms with van der Waals surface area (Å²) in [6.45, 7) is 0.0906. The van der Waals surface area contributed by atoms with Crippen LogP contribution in [0.4, 0.5) is 18.9 Å². The molecular formula is C27H26F3N5O5S. The van der Waals surface area contributed by atoms with Gasteiger partial charge in [0.05, 0.1) is 30.9 Å². The second-order valence-corrected chi connectivity index (χ2v) is 12.4. The fraction of sp³-hybridized carbons (Fsp3) is 0.370. The van der Waals surface area contributed by atoms with E-state index >= 15 is 0 Å². The molecule has 2 aromatic heterocycles. The number of hydrogen-bond donors (Lipinski definition) is 0. The first-order valence-corrected chi connectivity index (χ1v) is 14.6. The number of halogens is 3. The lowest BCUT2D eigenvalue weighted by atomic mass is 10.1. The SMILES string of the molecule is O=c1c(OCC2(CF)CC2)c(N2CCN(S(=O)(=O)Cc3ccc4ocnc4c3)CC2)cnn1-c1cc(F)cc(F)c1.